The van der Waals surface area contributed by atoms with Gasteiger partial charge in [-0.3, -0.25) is 10.2 Å². The van der Waals surface area contributed by atoms with Crippen molar-refractivity contribution >= 4 is 22.8 Å². The molecule has 0 radical (unpaired) electrons. The van der Waals surface area contributed by atoms with E-state index in [9.17, 15) is 4.79 Å². The summed E-state index contributed by atoms with van der Waals surface area (Å²) in [4.78, 5) is 12.8. The van der Waals surface area contributed by atoms with Gasteiger partial charge in [-0.2, -0.15) is 0 Å². The van der Waals surface area contributed by atoms with Crippen LogP contribution in [0.5, 0.6) is 0 Å². The van der Waals surface area contributed by atoms with Crippen LogP contribution in [0.3, 0.4) is 0 Å². The van der Waals surface area contributed by atoms with E-state index < -0.39 is 0 Å². The van der Waals surface area contributed by atoms with Gasteiger partial charge < -0.3 is 0 Å². The van der Waals surface area contributed by atoms with Crippen LogP contribution in [0, 0.1) is 6.92 Å². The first-order valence-electron chi connectivity index (χ1n) is 5.48. The summed E-state index contributed by atoms with van der Waals surface area (Å²) in [5, 5.41) is 2.06. The van der Waals surface area contributed by atoms with Crippen molar-refractivity contribution in [1.29, 1.82) is 0 Å². The number of aryl methyl sites for hydroxylation is 1. The lowest BCUT2D eigenvalue weighted by molar-refractivity contribution is 0.0953. The molecule has 0 bridgehead atoms. The van der Waals surface area contributed by atoms with Gasteiger partial charge in [0, 0.05) is 10.4 Å². The van der Waals surface area contributed by atoms with E-state index in [1.54, 1.807) is 23.5 Å². The monoisotopic (exact) mass is 258 g/mol. The van der Waals surface area contributed by atoms with Crippen molar-refractivity contribution in [2.45, 2.75) is 6.92 Å². The molecular formula is C14H14N2OS. The number of carbonyl (C=O) groups excluding carboxylic acids is 1. The molecule has 1 aromatic heterocycles. The number of hydrogen-bond donors (Lipinski definition) is 2. The molecule has 92 valence electrons. The van der Waals surface area contributed by atoms with Gasteiger partial charge in [-0.25, -0.2) is 5.84 Å². The molecule has 0 saturated heterocycles. The molecule has 4 heteroatoms. The third-order valence-corrected chi connectivity index (χ3v) is 3.76. The summed E-state index contributed by atoms with van der Waals surface area (Å²) < 4.78 is 0. The minimum atomic E-state index is -0.306. The number of nitrogens with one attached hydrogen (secondary N) is 1. The van der Waals surface area contributed by atoms with E-state index in [4.69, 9.17) is 5.84 Å². The van der Waals surface area contributed by atoms with Crippen LogP contribution in [0.2, 0.25) is 0 Å². The summed E-state index contributed by atoms with van der Waals surface area (Å²) >= 11 is 1.62. The number of amides is 1. The minimum absolute atomic E-state index is 0.306. The zero-order valence-electron chi connectivity index (χ0n) is 10.1. The fourth-order valence-electron chi connectivity index (χ4n) is 1.74. The van der Waals surface area contributed by atoms with Gasteiger partial charge >= 0.3 is 0 Å². The first-order chi connectivity index (χ1) is 8.63. The van der Waals surface area contributed by atoms with E-state index in [1.165, 1.54) is 5.56 Å². The quantitative estimate of drug-likeness (QED) is 0.505. The largest absolute Gasteiger partial charge is 0.290 e. The van der Waals surface area contributed by atoms with Gasteiger partial charge in [-0.15, -0.1) is 11.3 Å². The van der Waals surface area contributed by atoms with Crippen molar-refractivity contribution < 1.29 is 4.79 Å². The molecule has 0 saturated carbocycles. The molecule has 3 N–H and O–H groups in total. The zero-order valence-corrected chi connectivity index (χ0v) is 10.9. The summed E-state index contributed by atoms with van der Waals surface area (Å²) in [6, 6.07) is 9.37. The van der Waals surface area contributed by atoms with Crippen molar-refractivity contribution in [2.24, 2.45) is 5.84 Å². The number of benzene rings is 1. The van der Waals surface area contributed by atoms with Gasteiger partial charge in [-0.1, -0.05) is 24.8 Å². The fraction of sp³-hybridized carbons (Fsp3) is 0.0714. The molecular weight excluding hydrogens is 244 g/mol. The Balaban J connectivity index is 2.45. The summed E-state index contributed by atoms with van der Waals surface area (Å²) in [6.45, 7) is 6.11. The van der Waals surface area contributed by atoms with Crippen LogP contribution < -0.4 is 11.3 Å². The van der Waals surface area contributed by atoms with Crippen molar-refractivity contribution in [1.82, 2.24) is 5.43 Å². The van der Waals surface area contributed by atoms with Crippen LogP contribution in [0.15, 0.2) is 42.3 Å². The molecule has 18 heavy (non-hydrogen) atoms. The van der Waals surface area contributed by atoms with E-state index >= 15 is 0 Å². The van der Waals surface area contributed by atoms with Crippen LogP contribution in [0.4, 0.5) is 0 Å². The van der Waals surface area contributed by atoms with Crippen LogP contribution >= 0.6 is 11.3 Å². The lowest BCUT2D eigenvalue weighted by Gasteiger charge is -2.09. The highest BCUT2D eigenvalue weighted by molar-refractivity contribution is 7.11. The van der Waals surface area contributed by atoms with Crippen LogP contribution in [0.25, 0.3) is 5.57 Å². The van der Waals surface area contributed by atoms with Crippen LogP contribution in [-0.2, 0) is 0 Å². The Bertz CT molecular complexity index is 601. The van der Waals surface area contributed by atoms with Gasteiger partial charge in [-0.05, 0) is 41.1 Å². The average Bonchev–Trinajstić information content (AvgIpc) is 2.83. The van der Waals surface area contributed by atoms with Gasteiger partial charge in [0.15, 0.2) is 0 Å². The molecule has 0 atom stereocenters. The third kappa shape index (κ3) is 2.34. The second-order valence-electron chi connectivity index (χ2n) is 3.99. The first-order valence-corrected chi connectivity index (χ1v) is 6.36. The Hall–Kier alpha value is -1.91. The molecule has 0 aliphatic heterocycles. The van der Waals surface area contributed by atoms with Gasteiger partial charge in [0.1, 0.15) is 0 Å². The molecule has 1 heterocycles. The standard InChI is InChI=1S/C14H14N2OS/c1-9-7-13(18-8-9)10(2)11-5-3-4-6-12(11)14(17)16-15/h3-8H,2,15H2,1H3,(H,16,17). The van der Waals surface area contributed by atoms with E-state index in [0.717, 1.165) is 16.0 Å². The predicted octanol–water partition coefficient (Wildman–Crippen LogP) is 2.72. The molecule has 1 amide bonds. The second-order valence-corrected chi connectivity index (χ2v) is 4.90. The fourth-order valence-corrected chi connectivity index (χ4v) is 2.63. The Morgan fingerprint density at radius 3 is 2.56 bits per heavy atom. The van der Waals surface area contributed by atoms with E-state index in [0.29, 0.717) is 5.56 Å². The Morgan fingerprint density at radius 1 is 1.33 bits per heavy atom. The number of hydrogen-bond acceptors (Lipinski definition) is 3. The lowest BCUT2D eigenvalue weighted by Crippen LogP contribution is -2.30. The van der Waals surface area contributed by atoms with Crippen molar-refractivity contribution in [2.75, 3.05) is 0 Å². The van der Waals surface area contributed by atoms with Crippen molar-refractivity contribution in [3.05, 3.63) is 63.9 Å². The summed E-state index contributed by atoms with van der Waals surface area (Å²) in [6.07, 6.45) is 0. The highest BCUT2D eigenvalue weighted by Gasteiger charge is 2.13. The first kappa shape index (κ1) is 12.5. The predicted molar refractivity (Wildman–Crippen MR) is 75.3 cm³/mol. The third-order valence-electron chi connectivity index (χ3n) is 2.66. The molecule has 0 spiro atoms. The second kappa shape index (κ2) is 5.16. The normalized spacial score (nSPS) is 10.1. The van der Waals surface area contributed by atoms with Crippen LogP contribution in [-0.4, -0.2) is 5.91 Å². The molecule has 2 rings (SSSR count). The highest BCUT2D eigenvalue weighted by atomic mass is 32.1. The summed E-state index contributed by atoms with van der Waals surface area (Å²) in [5.74, 6) is 4.88. The lowest BCUT2D eigenvalue weighted by atomic mass is 9.99. The average molecular weight is 258 g/mol. The number of carbonyl (C=O) groups is 1. The zero-order chi connectivity index (χ0) is 13.1. The molecule has 0 unspecified atom stereocenters. The van der Waals surface area contributed by atoms with E-state index in [-0.39, 0.29) is 5.91 Å². The molecule has 1 aromatic carbocycles. The highest BCUT2D eigenvalue weighted by Crippen LogP contribution is 2.29. The summed E-state index contributed by atoms with van der Waals surface area (Å²) in [5.41, 5.74) is 5.53. The van der Waals surface area contributed by atoms with E-state index in [2.05, 4.69) is 23.5 Å². The number of hydrazine groups is 1. The maximum atomic E-state index is 11.7. The number of nitrogens with two attached hydrogens (primary N) is 1. The topological polar surface area (TPSA) is 55.1 Å². The van der Waals surface area contributed by atoms with Gasteiger partial charge in [0.2, 0.25) is 0 Å². The summed E-state index contributed by atoms with van der Waals surface area (Å²) in [7, 11) is 0. The Kier molecular flexibility index (Phi) is 3.60. The number of thiophene rings is 1. The maximum Gasteiger partial charge on any atom is 0.265 e. The molecule has 0 aliphatic carbocycles. The number of rotatable bonds is 3. The SMILES string of the molecule is C=C(c1cc(C)cs1)c1ccccc1C(=O)NN. The molecule has 0 fully saturated rings. The Morgan fingerprint density at radius 2 is 2.00 bits per heavy atom. The molecule has 3 nitrogen and oxygen atoms in total. The van der Waals surface area contributed by atoms with Crippen molar-refractivity contribution in [3.63, 3.8) is 0 Å². The maximum absolute atomic E-state index is 11.7. The van der Waals surface area contributed by atoms with E-state index in [1.807, 2.05) is 19.1 Å². The molecule has 2 aromatic rings. The van der Waals surface area contributed by atoms with Gasteiger partial charge in [0.05, 0.1) is 0 Å². The van der Waals surface area contributed by atoms with Crippen LogP contribution in [0.1, 0.15) is 26.4 Å². The smallest absolute Gasteiger partial charge is 0.265 e. The van der Waals surface area contributed by atoms with Crippen molar-refractivity contribution in [3.8, 4) is 0 Å². The minimum Gasteiger partial charge on any atom is -0.290 e. The Labute approximate surface area is 110 Å². The van der Waals surface area contributed by atoms with Gasteiger partial charge in [0.25, 0.3) is 5.91 Å². The number of nitrogen functional groups attached to an aromatic ring is 1. The molecule has 0 aliphatic rings.